The Labute approximate surface area is 141 Å². The van der Waals surface area contributed by atoms with Crippen molar-refractivity contribution in [2.45, 2.75) is 17.1 Å². The van der Waals surface area contributed by atoms with Crippen LogP contribution in [0.25, 0.3) is 0 Å². The number of carbonyl (C=O) groups is 1. The van der Waals surface area contributed by atoms with E-state index in [1.165, 1.54) is 11.9 Å². The monoisotopic (exact) mass is 348 g/mol. The van der Waals surface area contributed by atoms with Gasteiger partial charge in [-0.2, -0.15) is 0 Å². The first-order chi connectivity index (χ1) is 11.3. The van der Waals surface area contributed by atoms with Gasteiger partial charge in [0.05, 0.1) is 10.6 Å². The molecule has 24 heavy (non-hydrogen) atoms. The number of rotatable bonds is 6. The number of hydrogen-bond acceptors (Lipinski definition) is 4. The van der Waals surface area contributed by atoms with E-state index >= 15 is 0 Å². The summed E-state index contributed by atoms with van der Waals surface area (Å²) < 4.78 is 25.0. The molecule has 0 saturated heterocycles. The van der Waals surface area contributed by atoms with E-state index < -0.39 is 15.9 Å². The zero-order chi connectivity index (χ0) is 17.7. The van der Waals surface area contributed by atoms with Gasteiger partial charge in [0, 0.05) is 19.3 Å². The van der Waals surface area contributed by atoms with Crippen LogP contribution in [0.5, 0.6) is 0 Å². The number of sulfone groups is 1. The molecule has 0 aliphatic carbocycles. The van der Waals surface area contributed by atoms with Crippen molar-refractivity contribution in [3.63, 3.8) is 0 Å². The van der Waals surface area contributed by atoms with Crippen molar-refractivity contribution in [1.82, 2.24) is 4.90 Å². The maximum Gasteiger partial charge on any atom is 0.407 e. The van der Waals surface area contributed by atoms with Crippen LogP contribution in [0.4, 0.5) is 10.5 Å². The number of nitrogen functional groups attached to an aromatic ring is 1. The standard InChI is InChI=1S/C17H20N2O4S/c1-19(17(20)21)10-9-13-7-8-16(18)14(11-13)12-24(22,23)15-5-3-2-4-6-15/h2-8,11H,9-10,12,18H2,1H3,(H,20,21). The highest BCUT2D eigenvalue weighted by atomic mass is 32.2. The van der Waals surface area contributed by atoms with Crippen molar-refractivity contribution in [3.8, 4) is 0 Å². The predicted octanol–water partition coefficient (Wildman–Crippen LogP) is 2.40. The van der Waals surface area contributed by atoms with Gasteiger partial charge in [0.1, 0.15) is 0 Å². The van der Waals surface area contributed by atoms with Gasteiger partial charge in [0.15, 0.2) is 9.84 Å². The minimum atomic E-state index is -3.48. The van der Waals surface area contributed by atoms with Gasteiger partial charge in [-0.25, -0.2) is 13.2 Å². The Balaban J connectivity index is 2.18. The van der Waals surface area contributed by atoms with Gasteiger partial charge in [0.25, 0.3) is 0 Å². The molecule has 2 aromatic rings. The van der Waals surface area contributed by atoms with Crippen molar-refractivity contribution in [2.75, 3.05) is 19.3 Å². The third-order valence-corrected chi connectivity index (χ3v) is 5.40. The quantitative estimate of drug-likeness (QED) is 0.781. The molecule has 3 N–H and O–H groups in total. The number of benzene rings is 2. The number of nitrogens with two attached hydrogens (primary N) is 1. The summed E-state index contributed by atoms with van der Waals surface area (Å²) in [4.78, 5) is 12.2. The number of likely N-dealkylation sites (N-methyl/N-ethyl adjacent to an activating group) is 1. The molecule has 0 spiro atoms. The molecular formula is C17H20N2O4S. The lowest BCUT2D eigenvalue weighted by atomic mass is 10.1. The zero-order valence-corrected chi connectivity index (χ0v) is 14.2. The Hall–Kier alpha value is -2.54. The molecule has 128 valence electrons. The maximum absolute atomic E-state index is 12.5. The summed E-state index contributed by atoms with van der Waals surface area (Å²) in [5, 5.41) is 8.86. The van der Waals surface area contributed by atoms with Crippen LogP contribution in [0.3, 0.4) is 0 Å². The second-order valence-corrected chi connectivity index (χ2v) is 7.55. The van der Waals surface area contributed by atoms with Gasteiger partial charge in [-0.1, -0.05) is 30.3 Å². The average molecular weight is 348 g/mol. The summed E-state index contributed by atoms with van der Waals surface area (Å²) in [5.74, 6) is -0.189. The number of carboxylic acid groups (broad SMARTS) is 1. The van der Waals surface area contributed by atoms with Crippen LogP contribution in [0.1, 0.15) is 11.1 Å². The highest BCUT2D eigenvalue weighted by Crippen LogP contribution is 2.22. The van der Waals surface area contributed by atoms with Crippen LogP contribution in [0.15, 0.2) is 53.4 Å². The van der Waals surface area contributed by atoms with Crippen LogP contribution in [0.2, 0.25) is 0 Å². The highest BCUT2D eigenvalue weighted by molar-refractivity contribution is 7.90. The Bertz CT molecular complexity index is 820. The van der Waals surface area contributed by atoms with Gasteiger partial charge in [-0.05, 0) is 35.7 Å². The molecule has 0 bridgehead atoms. The summed E-state index contributed by atoms with van der Waals surface area (Å²) >= 11 is 0. The summed E-state index contributed by atoms with van der Waals surface area (Å²) in [6.45, 7) is 0.324. The second-order valence-electron chi connectivity index (χ2n) is 5.56. The summed E-state index contributed by atoms with van der Waals surface area (Å²) in [5.41, 5.74) is 7.68. The molecule has 0 fully saturated rings. The van der Waals surface area contributed by atoms with E-state index in [4.69, 9.17) is 10.8 Å². The van der Waals surface area contributed by atoms with Crippen LogP contribution in [-0.2, 0) is 22.0 Å². The summed E-state index contributed by atoms with van der Waals surface area (Å²) in [7, 11) is -2.00. The topological polar surface area (TPSA) is 101 Å². The maximum atomic E-state index is 12.5. The van der Waals surface area contributed by atoms with Crippen molar-refractivity contribution in [1.29, 1.82) is 0 Å². The third-order valence-electron chi connectivity index (χ3n) is 3.72. The van der Waals surface area contributed by atoms with Gasteiger partial charge in [-0.3, -0.25) is 0 Å². The molecule has 0 atom stereocenters. The van der Waals surface area contributed by atoms with E-state index in [2.05, 4.69) is 0 Å². The fourth-order valence-electron chi connectivity index (χ4n) is 2.25. The first kappa shape index (κ1) is 17.8. The molecular weight excluding hydrogens is 328 g/mol. The third kappa shape index (κ3) is 4.48. The molecule has 0 saturated carbocycles. The molecule has 0 aliphatic rings. The van der Waals surface area contributed by atoms with Crippen LogP contribution in [-0.4, -0.2) is 38.1 Å². The Kier molecular flexibility index (Phi) is 5.46. The van der Waals surface area contributed by atoms with E-state index in [1.54, 1.807) is 48.5 Å². The number of nitrogens with zero attached hydrogens (tertiary/aromatic N) is 1. The smallest absolute Gasteiger partial charge is 0.407 e. The van der Waals surface area contributed by atoms with Gasteiger partial charge in [0.2, 0.25) is 0 Å². The molecule has 0 heterocycles. The Morgan fingerprint density at radius 1 is 1.17 bits per heavy atom. The highest BCUT2D eigenvalue weighted by Gasteiger charge is 2.17. The van der Waals surface area contributed by atoms with Crippen molar-refractivity contribution in [3.05, 3.63) is 59.7 Å². The first-order valence-corrected chi connectivity index (χ1v) is 9.04. The minimum absolute atomic E-state index is 0.189. The zero-order valence-electron chi connectivity index (χ0n) is 13.3. The van der Waals surface area contributed by atoms with Crippen LogP contribution < -0.4 is 5.73 Å². The van der Waals surface area contributed by atoms with Crippen molar-refractivity contribution < 1.29 is 18.3 Å². The minimum Gasteiger partial charge on any atom is -0.465 e. The van der Waals surface area contributed by atoms with Gasteiger partial charge >= 0.3 is 6.09 Å². The molecule has 0 aromatic heterocycles. The lowest BCUT2D eigenvalue weighted by Crippen LogP contribution is -2.26. The van der Waals surface area contributed by atoms with Crippen LogP contribution >= 0.6 is 0 Å². The Morgan fingerprint density at radius 2 is 1.83 bits per heavy atom. The van der Waals surface area contributed by atoms with E-state index in [9.17, 15) is 13.2 Å². The van der Waals surface area contributed by atoms with E-state index in [0.717, 1.165) is 5.56 Å². The SMILES string of the molecule is CN(CCc1ccc(N)c(CS(=O)(=O)c2ccccc2)c1)C(=O)O. The molecule has 0 radical (unpaired) electrons. The molecule has 2 aromatic carbocycles. The van der Waals surface area contributed by atoms with Gasteiger partial charge in [-0.15, -0.1) is 0 Å². The normalized spacial score (nSPS) is 11.2. The predicted molar refractivity (Wildman–Crippen MR) is 92.5 cm³/mol. The number of hydrogen-bond donors (Lipinski definition) is 2. The Morgan fingerprint density at radius 3 is 2.46 bits per heavy atom. The largest absolute Gasteiger partial charge is 0.465 e. The fourth-order valence-corrected chi connectivity index (χ4v) is 3.65. The molecule has 0 aliphatic heterocycles. The first-order valence-electron chi connectivity index (χ1n) is 7.39. The molecule has 7 heteroatoms. The summed E-state index contributed by atoms with van der Waals surface area (Å²) in [6, 6.07) is 13.4. The van der Waals surface area contributed by atoms with E-state index in [0.29, 0.717) is 24.2 Å². The van der Waals surface area contributed by atoms with Crippen LogP contribution in [0, 0.1) is 0 Å². The van der Waals surface area contributed by atoms with Crippen molar-refractivity contribution >= 4 is 21.6 Å². The molecule has 6 nitrogen and oxygen atoms in total. The van der Waals surface area contributed by atoms with E-state index in [-0.39, 0.29) is 10.6 Å². The molecule has 2 rings (SSSR count). The van der Waals surface area contributed by atoms with E-state index in [1.807, 2.05) is 0 Å². The lowest BCUT2D eigenvalue weighted by Gasteiger charge is -2.14. The summed E-state index contributed by atoms with van der Waals surface area (Å²) in [6.07, 6.45) is -0.515. The molecule has 0 unspecified atom stereocenters. The number of amides is 1. The molecule has 1 amide bonds. The average Bonchev–Trinajstić information content (AvgIpc) is 2.55. The van der Waals surface area contributed by atoms with Crippen molar-refractivity contribution in [2.24, 2.45) is 0 Å². The fraction of sp³-hybridized carbons (Fsp3) is 0.235. The lowest BCUT2D eigenvalue weighted by molar-refractivity contribution is 0.156. The number of anilines is 1. The van der Waals surface area contributed by atoms with Gasteiger partial charge < -0.3 is 15.7 Å². The second kappa shape index (κ2) is 7.35.